The van der Waals surface area contributed by atoms with Crippen molar-refractivity contribution in [2.75, 3.05) is 0 Å². The lowest BCUT2D eigenvalue weighted by molar-refractivity contribution is 0.692. The van der Waals surface area contributed by atoms with E-state index in [1.807, 2.05) is 6.07 Å². The summed E-state index contributed by atoms with van der Waals surface area (Å²) in [5.74, 6) is 0. The summed E-state index contributed by atoms with van der Waals surface area (Å²) >= 11 is 1.15. The van der Waals surface area contributed by atoms with Crippen LogP contribution in [0.4, 0.5) is 0 Å². The molecule has 0 aliphatic carbocycles. The highest BCUT2D eigenvalue weighted by molar-refractivity contribution is 8.09. The van der Waals surface area contributed by atoms with E-state index in [4.69, 9.17) is 15.9 Å². The molecule has 0 saturated heterocycles. The Morgan fingerprint density at radius 2 is 2.40 bits per heavy atom. The molecule has 0 fully saturated rings. The molecule has 0 saturated carbocycles. The third kappa shape index (κ3) is 1.57. The van der Waals surface area contributed by atoms with Crippen LogP contribution >= 0.6 is 22.0 Å². The van der Waals surface area contributed by atoms with E-state index in [-0.39, 0.29) is 0 Å². The molecular weight excluding hydrogens is 190 g/mol. The summed E-state index contributed by atoms with van der Waals surface area (Å²) in [5, 5.41) is 8.35. The molecule has 0 aliphatic rings. The molecule has 1 heterocycles. The highest BCUT2D eigenvalue weighted by atomic mass is 35.7. The van der Waals surface area contributed by atoms with Gasteiger partial charge < -0.3 is 0 Å². The van der Waals surface area contributed by atoms with Crippen LogP contribution in [0.5, 0.6) is 0 Å². The third-order valence-electron chi connectivity index (χ3n) is 0.850. The highest BCUT2D eigenvalue weighted by Crippen LogP contribution is 2.20. The number of hydrogen-bond acceptors (Lipinski definition) is 3. The smallest absolute Gasteiger partial charge is 0.157 e. The maximum Gasteiger partial charge on any atom is 0.157 e. The zero-order valence-electron chi connectivity index (χ0n) is 4.70. The first-order valence-electron chi connectivity index (χ1n) is 2.32. The standard InChI is InChI=1S/C5H2ClNOS2/c6-10(8)5-2-1-4(3-7)9-5/h1-2H. The molecule has 0 spiro atoms. The van der Waals surface area contributed by atoms with Gasteiger partial charge >= 0.3 is 0 Å². The van der Waals surface area contributed by atoms with Gasteiger partial charge in [0.15, 0.2) is 10.0 Å². The molecule has 52 valence electrons. The van der Waals surface area contributed by atoms with Crippen LogP contribution in [0.15, 0.2) is 16.3 Å². The largest absolute Gasteiger partial charge is 0.236 e. The molecule has 0 N–H and O–H groups in total. The lowest BCUT2D eigenvalue weighted by Crippen LogP contribution is -1.69. The Hall–Kier alpha value is -0.370. The van der Waals surface area contributed by atoms with E-state index in [2.05, 4.69) is 0 Å². The topological polar surface area (TPSA) is 40.9 Å². The van der Waals surface area contributed by atoms with Crippen molar-refractivity contribution in [1.82, 2.24) is 0 Å². The zero-order valence-corrected chi connectivity index (χ0v) is 7.09. The van der Waals surface area contributed by atoms with Gasteiger partial charge in [-0.2, -0.15) is 5.26 Å². The molecule has 0 aliphatic heterocycles. The second-order valence-electron chi connectivity index (χ2n) is 1.45. The van der Waals surface area contributed by atoms with Crippen LogP contribution in [0, 0.1) is 11.3 Å². The van der Waals surface area contributed by atoms with Gasteiger partial charge in [0.2, 0.25) is 0 Å². The minimum Gasteiger partial charge on any atom is -0.236 e. The van der Waals surface area contributed by atoms with Crippen molar-refractivity contribution in [2.45, 2.75) is 4.21 Å². The summed E-state index contributed by atoms with van der Waals surface area (Å²) in [5.41, 5.74) is 0. The highest BCUT2D eigenvalue weighted by Gasteiger charge is 2.02. The summed E-state index contributed by atoms with van der Waals surface area (Å²) in [6, 6.07) is 5.11. The Labute approximate surface area is 69.0 Å². The lowest BCUT2D eigenvalue weighted by Gasteiger charge is -1.79. The first-order valence-corrected chi connectivity index (χ1v) is 5.11. The lowest BCUT2D eigenvalue weighted by atomic mass is 10.5. The molecule has 5 heteroatoms. The fourth-order valence-electron chi connectivity index (χ4n) is 0.466. The first-order chi connectivity index (χ1) is 4.74. The van der Waals surface area contributed by atoms with E-state index < -0.39 is 10.0 Å². The van der Waals surface area contributed by atoms with Crippen molar-refractivity contribution in [3.8, 4) is 6.07 Å². The number of hydrogen-bond donors (Lipinski definition) is 0. The Bertz CT molecular complexity index is 301. The third-order valence-corrected chi connectivity index (χ3v) is 3.56. The summed E-state index contributed by atoms with van der Waals surface area (Å²) in [4.78, 5) is 0.531. The predicted molar refractivity (Wildman–Crippen MR) is 41.3 cm³/mol. The van der Waals surface area contributed by atoms with Crippen LogP contribution in [0.3, 0.4) is 0 Å². The van der Waals surface area contributed by atoms with Gasteiger partial charge in [0, 0.05) is 0 Å². The molecule has 1 rings (SSSR count). The Kier molecular flexibility index (Phi) is 2.44. The van der Waals surface area contributed by atoms with Gasteiger partial charge in [-0.1, -0.05) is 0 Å². The summed E-state index contributed by atoms with van der Waals surface area (Å²) < 4.78 is 11.1. The number of nitrogens with zero attached hydrogens (tertiary/aromatic N) is 1. The molecule has 1 unspecified atom stereocenters. The summed E-state index contributed by atoms with van der Waals surface area (Å²) in [6.45, 7) is 0. The van der Waals surface area contributed by atoms with E-state index in [0.29, 0.717) is 9.09 Å². The van der Waals surface area contributed by atoms with Crippen molar-refractivity contribution in [1.29, 1.82) is 5.26 Å². The number of rotatable bonds is 1. The average Bonchev–Trinajstić information content (AvgIpc) is 2.34. The fraction of sp³-hybridized carbons (Fsp3) is 0. The van der Waals surface area contributed by atoms with Gasteiger partial charge in [-0.05, 0) is 22.8 Å². The van der Waals surface area contributed by atoms with Gasteiger partial charge in [0.05, 0.1) is 0 Å². The van der Waals surface area contributed by atoms with Crippen LogP contribution in [-0.2, 0) is 10.0 Å². The molecule has 2 nitrogen and oxygen atoms in total. The van der Waals surface area contributed by atoms with Gasteiger partial charge in [-0.15, -0.1) is 11.3 Å². The van der Waals surface area contributed by atoms with E-state index in [1.54, 1.807) is 12.1 Å². The Morgan fingerprint density at radius 3 is 2.70 bits per heavy atom. The SMILES string of the molecule is N#Cc1ccc(S(=O)Cl)s1. The molecule has 1 aromatic heterocycles. The monoisotopic (exact) mass is 191 g/mol. The predicted octanol–water partition coefficient (Wildman–Crippen LogP) is 1.88. The van der Waals surface area contributed by atoms with Crippen LogP contribution < -0.4 is 0 Å². The van der Waals surface area contributed by atoms with E-state index in [9.17, 15) is 4.21 Å². The minimum absolute atomic E-state index is 0.526. The quantitative estimate of drug-likeness (QED) is 0.636. The molecule has 0 amide bonds. The normalized spacial score (nSPS) is 12.4. The Balaban J connectivity index is 3.02. The number of nitriles is 1. The second kappa shape index (κ2) is 3.15. The van der Waals surface area contributed by atoms with E-state index in [1.165, 1.54) is 0 Å². The van der Waals surface area contributed by atoms with Gasteiger partial charge in [0.1, 0.15) is 15.2 Å². The van der Waals surface area contributed by atoms with E-state index in [0.717, 1.165) is 11.3 Å². The Morgan fingerprint density at radius 1 is 1.70 bits per heavy atom. The van der Waals surface area contributed by atoms with Crippen molar-refractivity contribution in [3.63, 3.8) is 0 Å². The van der Waals surface area contributed by atoms with Crippen molar-refractivity contribution >= 4 is 32.0 Å². The van der Waals surface area contributed by atoms with Crippen LogP contribution in [0.2, 0.25) is 0 Å². The van der Waals surface area contributed by atoms with Gasteiger partial charge in [-0.3, -0.25) is 0 Å². The number of thiophene rings is 1. The molecule has 0 radical (unpaired) electrons. The average molecular weight is 192 g/mol. The van der Waals surface area contributed by atoms with Crippen molar-refractivity contribution in [3.05, 3.63) is 17.0 Å². The second-order valence-corrected chi connectivity index (χ2v) is 4.52. The van der Waals surface area contributed by atoms with Crippen molar-refractivity contribution in [2.24, 2.45) is 0 Å². The van der Waals surface area contributed by atoms with Crippen LogP contribution in [0.1, 0.15) is 4.88 Å². The number of halogens is 1. The van der Waals surface area contributed by atoms with Crippen molar-refractivity contribution < 1.29 is 4.21 Å². The molecule has 1 atom stereocenters. The maximum atomic E-state index is 10.6. The van der Waals surface area contributed by atoms with E-state index >= 15 is 0 Å². The first kappa shape index (κ1) is 7.73. The zero-order chi connectivity index (χ0) is 7.56. The molecule has 0 aromatic carbocycles. The molecular formula is C5H2ClNOS2. The van der Waals surface area contributed by atoms with Crippen LogP contribution in [-0.4, -0.2) is 4.21 Å². The summed E-state index contributed by atoms with van der Waals surface area (Å²) in [6.07, 6.45) is 0. The van der Waals surface area contributed by atoms with Gasteiger partial charge in [-0.25, -0.2) is 4.21 Å². The van der Waals surface area contributed by atoms with Crippen LogP contribution in [0.25, 0.3) is 0 Å². The molecule has 0 bridgehead atoms. The minimum atomic E-state index is -1.47. The maximum absolute atomic E-state index is 10.6. The molecule has 10 heavy (non-hydrogen) atoms. The summed E-state index contributed by atoms with van der Waals surface area (Å²) in [7, 11) is 3.78. The fourth-order valence-corrected chi connectivity index (χ4v) is 2.15. The molecule has 1 aromatic rings. The van der Waals surface area contributed by atoms with Gasteiger partial charge in [0.25, 0.3) is 0 Å².